The monoisotopic (exact) mass is 232 g/mol. The fourth-order valence-electron chi connectivity index (χ4n) is 1.56. The van der Waals surface area contributed by atoms with Crippen molar-refractivity contribution in [3.05, 3.63) is 35.7 Å². The Kier molecular flexibility index (Phi) is 3.13. The summed E-state index contributed by atoms with van der Waals surface area (Å²) in [5, 5.41) is 20.2. The number of benzene rings is 1. The Morgan fingerprint density at radius 2 is 2.18 bits per heavy atom. The van der Waals surface area contributed by atoms with E-state index in [9.17, 15) is 4.79 Å². The van der Waals surface area contributed by atoms with Crippen molar-refractivity contribution < 1.29 is 9.90 Å². The third-order valence-electron chi connectivity index (χ3n) is 2.35. The number of carbonyl (C=O) groups is 1. The first kappa shape index (κ1) is 11.3. The molecule has 0 spiro atoms. The van der Waals surface area contributed by atoms with Crippen LogP contribution in [0.5, 0.6) is 0 Å². The summed E-state index contributed by atoms with van der Waals surface area (Å²) in [6.45, 7) is 2.04. The van der Waals surface area contributed by atoms with Crippen molar-refractivity contribution in [1.82, 2.24) is 20.2 Å². The van der Waals surface area contributed by atoms with Crippen molar-refractivity contribution in [2.45, 2.75) is 19.8 Å². The van der Waals surface area contributed by atoms with E-state index in [4.69, 9.17) is 5.11 Å². The summed E-state index contributed by atoms with van der Waals surface area (Å²) in [5.74, 6) is -0.753. The third kappa shape index (κ3) is 2.47. The molecule has 6 heteroatoms. The van der Waals surface area contributed by atoms with Crippen LogP contribution in [0.25, 0.3) is 5.69 Å². The molecule has 0 amide bonds. The highest BCUT2D eigenvalue weighted by atomic mass is 16.4. The lowest BCUT2D eigenvalue weighted by Crippen LogP contribution is -2.05. The van der Waals surface area contributed by atoms with Crippen LogP contribution in [0.3, 0.4) is 0 Å². The first-order chi connectivity index (χ1) is 8.20. The van der Waals surface area contributed by atoms with E-state index < -0.39 is 5.97 Å². The van der Waals surface area contributed by atoms with E-state index in [2.05, 4.69) is 15.4 Å². The number of tetrazole rings is 1. The molecule has 0 atom stereocenters. The molecular formula is C11H12N4O2. The maximum Gasteiger partial charge on any atom is 0.311 e. The van der Waals surface area contributed by atoms with Gasteiger partial charge in [-0.2, -0.15) is 0 Å². The summed E-state index contributed by atoms with van der Waals surface area (Å²) in [5.41, 5.74) is 1.92. The Labute approximate surface area is 97.9 Å². The minimum atomic E-state index is -0.965. The molecule has 0 saturated heterocycles. The Morgan fingerprint density at radius 3 is 2.88 bits per heavy atom. The molecule has 0 radical (unpaired) electrons. The molecule has 0 bridgehead atoms. The average molecular weight is 232 g/mol. The SMILES string of the molecule is CCc1ccccc1-n1nnc(CC(=O)O)n1. The number of aliphatic carboxylic acids is 1. The van der Waals surface area contributed by atoms with Gasteiger partial charge in [0.25, 0.3) is 0 Å². The van der Waals surface area contributed by atoms with Crippen molar-refractivity contribution in [2.75, 3.05) is 0 Å². The number of carboxylic acid groups (broad SMARTS) is 1. The predicted molar refractivity (Wildman–Crippen MR) is 59.9 cm³/mol. The van der Waals surface area contributed by atoms with E-state index in [0.29, 0.717) is 0 Å². The molecule has 88 valence electrons. The second-order valence-corrected chi connectivity index (χ2v) is 3.55. The molecule has 2 rings (SSSR count). The number of nitrogens with zero attached hydrogens (tertiary/aromatic N) is 4. The number of para-hydroxylation sites is 1. The highest BCUT2D eigenvalue weighted by Crippen LogP contribution is 2.12. The van der Waals surface area contributed by atoms with E-state index in [1.807, 2.05) is 31.2 Å². The third-order valence-corrected chi connectivity index (χ3v) is 2.35. The number of hydrogen-bond donors (Lipinski definition) is 1. The molecule has 6 nitrogen and oxygen atoms in total. The molecule has 2 aromatic rings. The van der Waals surface area contributed by atoms with Gasteiger partial charge >= 0.3 is 5.97 Å². The van der Waals surface area contributed by atoms with Crippen molar-refractivity contribution in [2.24, 2.45) is 0 Å². The fourth-order valence-corrected chi connectivity index (χ4v) is 1.56. The zero-order valence-electron chi connectivity index (χ0n) is 9.37. The lowest BCUT2D eigenvalue weighted by atomic mass is 10.1. The number of rotatable bonds is 4. The maximum atomic E-state index is 10.5. The van der Waals surface area contributed by atoms with Gasteiger partial charge in [0.1, 0.15) is 6.42 Å². The molecule has 0 aliphatic heterocycles. The van der Waals surface area contributed by atoms with Gasteiger partial charge in [-0.1, -0.05) is 25.1 Å². The zero-order chi connectivity index (χ0) is 12.3. The van der Waals surface area contributed by atoms with E-state index >= 15 is 0 Å². The molecule has 1 aromatic heterocycles. The lowest BCUT2D eigenvalue weighted by molar-refractivity contribution is -0.136. The van der Waals surface area contributed by atoms with Crippen LogP contribution in [-0.4, -0.2) is 31.3 Å². The Hall–Kier alpha value is -2.24. The number of carboxylic acids is 1. The lowest BCUT2D eigenvalue weighted by Gasteiger charge is -2.04. The summed E-state index contributed by atoms with van der Waals surface area (Å²) in [6, 6.07) is 7.69. The van der Waals surface area contributed by atoms with Crippen LogP contribution in [0, 0.1) is 0 Å². The molecule has 0 saturated carbocycles. The normalized spacial score (nSPS) is 10.4. The van der Waals surface area contributed by atoms with Gasteiger partial charge in [0.15, 0.2) is 5.82 Å². The van der Waals surface area contributed by atoms with Gasteiger partial charge in [0.2, 0.25) is 0 Å². The van der Waals surface area contributed by atoms with Gasteiger partial charge in [-0.15, -0.1) is 15.0 Å². The first-order valence-electron chi connectivity index (χ1n) is 5.29. The van der Waals surface area contributed by atoms with Crippen molar-refractivity contribution in [1.29, 1.82) is 0 Å². The van der Waals surface area contributed by atoms with Crippen LogP contribution in [0.2, 0.25) is 0 Å². The second kappa shape index (κ2) is 4.73. The molecule has 17 heavy (non-hydrogen) atoms. The minimum absolute atomic E-state index is 0.211. The molecule has 0 unspecified atom stereocenters. The second-order valence-electron chi connectivity index (χ2n) is 3.55. The van der Waals surface area contributed by atoms with E-state index in [-0.39, 0.29) is 12.2 Å². The molecule has 0 aliphatic carbocycles. The summed E-state index contributed by atoms with van der Waals surface area (Å²) in [6.07, 6.45) is 0.639. The van der Waals surface area contributed by atoms with Crippen molar-refractivity contribution in [3.63, 3.8) is 0 Å². The standard InChI is InChI=1S/C11H12N4O2/c1-2-8-5-3-4-6-9(8)15-13-10(12-14-15)7-11(16)17/h3-6H,2,7H2,1H3,(H,16,17). The molecule has 1 heterocycles. The quantitative estimate of drug-likeness (QED) is 0.845. The summed E-state index contributed by atoms with van der Waals surface area (Å²) in [7, 11) is 0. The minimum Gasteiger partial charge on any atom is -0.481 e. The Balaban J connectivity index is 2.33. The van der Waals surface area contributed by atoms with Crippen LogP contribution in [-0.2, 0) is 17.6 Å². The van der Waals surface area contributed by atoms with Crippen LogP contribution >= 0.6 is 0 Å². The molecule has 0 fully saturated rings. The number of hydrogen-bond acceptors (Lipinski definition) is 4. The Morgan fingerprint density at radius 1 is 1.41 bits per heavy atom. The fraction of sp³-hybridized carbons (Fsp3) is 0.273. The van der Waals surface area contributed by atoms with Crippen molar-refractivity contribution in [3.8, 4) is 5.69 Å². The largest absolute Gasteiger partial charge is 0.481 e. The molecule has 1 N–H and O–H groups in total. The van der Waals surface area contributed by atoms with Crippen LogP contribution in [0.4, 0.5) is 0 Å². The smallest absolute Gasteiger partial charge is 0.311 e. The topological polar surface area (TPSA) is 80.9 Å². The van der Waals surface area contributed by atoms with Crippen LogP contribution in [0.15, 0.2) is 24.3 Å². The average Bonchev–Trinajstić information content (AvgIpc) is 2.76. The molecule has 0 aliphatic rings. The summed E-state index contributed by atoms with van der Waals surface area (Å²) >= 11 is 0. The van der Waals surface area contributed by atoms with Crippen LogP contribution in [0.1, 0.15) is 18.3 Å². The summed E-state index contributed by atoms with van der Waals surface area (Å²) < 4.78 is 0. The highest BCUT2D eigenvalue weighted by molar-refractivity contribution is 5.68. The number of aromatic nitrogens is 4. The van der Waals surface area contributed by atoms with Crippen LogP contribution < -0.4 is 0 Å². The molecule has 1 aromatic carbocycles. The molecular weight excluding hydrogens is 220 g/mol. The predicted octanol–water partition coefficient (Wildman–Crippen LogP) is 0.852. The van der Waals surface area contributed by atoms with Gasteiger partial charge < -0.3 is 5.11 Å². The zero-order valence-corrected chi connectivity index (χ0v) is 9.37. The van der Waals surface area contributed by atoms with Gasteiger partial charge in [-0.05, 0) is 23.3 Å². The van der Waals surface area contributed by atoms with Crippen molar-refractivity contribution >= 4 is 5.97 Å². The number of aryl methyl sites for hydroxylation is 1. The van der Waals surface area contributed by atoms with E-state index in [1.54, 1.807) is 0 Å². The van der Waals surface area contributed by atoms with E-state index in [0.717, 1.165) is 17.7 Å². The van der Waals surface area contributed by atoms with E-state index in [1.165, 1.54) is 4.80 Å². The summed E-state index contributed by atoms with van der Waals surface area (Å²) in [4.78, 5) is 11.9. The maximum absolute atomic E-state index is 10.5. The van der Waals surface area contributed by atoms with Gasteiger partial charge in [0.05, 0.1) is 5.69 Å². The van der Waals surface area contributed by atoms with Gasteiger partial charge in [0, 0.05) is 0 Å². The Bertz CT molecular complexity index is 536. The highest BCUT2D eigenvalue weighted by Gasteiger charge is 2.10. The van der Waals surface area contributed by atoms with Gasteiger partial charge in [-0.25, -0.2) is 0 Å². The van der Waals surface area contributed by atoms with Gasteiger partial charge in [-0.3, -0.25) is 4.79 Å². The first-order valence-corrected chi connectivity index (χ1v) is 5.29.